The van der Waals surface area contributed by atoms with Gasteiger partial charge in [0.25, 0.3) is 14.2 Å². The van der Waals surface area contributed by atoms with Crippen LogP contribution < -0.4 is 0 Å². The molecule has 2 heterocycles. The van der Waals surface area contributed by atoms with Gasteiger partial charge in [-0.15, -0.1) is 10.2 Å². The van der Waals surface area contributed by atoms with Crippen molar-refractivity contribution < 1.29 is 8.42 Å². The van der Waals surface area contributed by atoms with Crippen LogP contribution >= 0.6 is 10.7 Å². The van der Waals surface area contributed by atoms with Crippen LogP contribution in [0.2, 0.25) is 0 Å². The highest BCUT2D eigenvalue weighted by atomic mass is 35.7. The van der Waals surface area contributed by atoms with Gasteiger partial charge in [-0.3, -0.25) is 9.25 Å². The zero-order valence-corrected chi connectivity index (χ0v) is 13.5. The molecule has 20 heavy (non-hydrogen) atoms. The van der Waals surface area contributed by atoms with Crippen molar-refractivity contribution in [3.63, 3.8) is 0 Å². The van der Waals surface area contributed by atoms with E-state index in [4.69, 9.17) is 10.7 Å². The average Bonchev–Trinajstić information content (AvgIpc) is 2.79. The Morgan fingerprint density at radius 1 is 1.25 bits per heavy atom. The molecule has 7 nitrogen and oxygen atoms in total. The molecule has 110 valence electrons. The van der Waals surface area contributed by atoms with Gasteiger partial charge in [0.1, 0.15) is 0 Å². The second kappa shape index (κ2) is 4.56. The van der Waals surface area contributed by atoms with Crippen LogP contribution in [0, 0.1) is 6.92 Å². The van der Waals surface area contributed by atoms with Gasteiger partial charge in [-0.1, -0.05) is 0 Å². The first kappa shape index (κ1) is 15.0. The summed E-state index contributed by atoms with van der Waals surface area (Å²) in [5.74, 6) is 0.433. The summed E-state index contributed by atoms with van der Waals surface area (Å²) in [5, 5.41) is 11.7. The Bertz CT molecular complexity index is 754. The number of halogens is 1. The molecular formula is C11H16ClN5O2S. The largest absolute Gasteiger partial charge is 0.296 e. The highest BCUT2D eigenvalue weighted by Crippen LogP contribution is 2.30. The SMILES string of the molecule is Cc1nn(C)cc1-c1nnc(S(=O)(=O)Cl)n1C(C)(C)C. The molecule has 0 aromatic carbocycles. The lowest BCUT2D eigenvalue weighted by Crippen LogP contribution is -2.25. The molecule has 0 aliphatic carbocycles. The maximum absolute atomic E-state index is 11.7. The number of hydrogen-bond acceptors (Lipinski definition) is 5. The molecule has 2 aromatic heterocycles. The van der Waals surface area contributed by atoms with Crippen LogP contribution in [0.3, 0.4) is 0 Å². The predicted molar refractivity (Wildman–Crippen MR) is 75.0 cm³/mol. The maximum Gasteiger partial charge on any atom is 0.296 e. The van der Waals surface area contributed by atoms with Gasteiger partial charge in [0.05, 0.1) is 11.3 Å². The third-order valence-corrected chi connectivity index (χ3v) is 3.89. The lowest BCUT2D eigenvalue weighted by molar-refractivity contribution is 0.367. The predicted octanol–water partition coefficient (Wildman–Crippen LogP) is 1.67. The zero-order valence-electron chi connectivity index (χ0n) is 11.9. The summed E-state index contributed by atoms with van der Waals surface area (Å²) < 4.78 is 26.5. The molecule has 0 N–H and O–H groups in total. The van der Waals surface area contributed by atoms with Crippen molar-refractivity contribution in [3.8, 4) is 11.4 Å². The number of hydrogen-bond donors (Lipinski definition) is 0. The van der Waals surface area contributed by atoms with Crippen LogP contribution in [0.4, 0.5) is 0 Å². The lowest BCUT2D eigenvalue weighted by atomic mass is 10.1. The average molecular weight is 318 g/mol. The minimum Gasteiger partial charge on any atom is -0.291 e. The van der Waals surface area contributed by atoms with Gasteiger partial charge in [-0.2, -0.15) is 5.10 Å². The molecule has 0 saturated carbocycles. The monoisotopic (exact) mass is 317 g/mol. The molecule has 0 amide bonds. The van der Waals surface area contributed by atoms with Crippen molar-refractivity contribution in [2.45, 2.75) is 38.4 Å². The minimum atomic E-state index is -3.98. The molecule has 9 heteroatoms. The molecule has 0 unspecified atom stereocenters. The van der Waals surface area contributed by atoms with E-state index < -0.39 is 14.6 Å². The molecular weight excluding hydrogens is 302 g/mol. The topological polar surface area (TPSA) is 82.7 Å². The summed E-state index contributed by atoms with van der Waals surface area (Å²) in [6.07, 6.45) is 1.77. The molecule has 2 rings (SSSR count). The van der Waals surface area contributed by atoms with Crippen molar-refractivity contribution in [2.24, 2.45) is 7.05 Å². The van der Waals surface area contributed by atoms with Gasteiger partial charge < -0.3 is 0 Å². The van der Waals surface area contributed by atoms with Crippen molar-refractivity contribution in [1.29, 1.82) is 0 Å². The van der Waals surface area contributed by atoms with Gasteiger partial charge in [0.2, 0.25) is 0 Å². The Hall–Kier alpha value is -1.41. The van der Waals surface area contributed by atoms with Gasteiger partial charge in [0.15, 0.2) is 5.82 Å². The van der Waals surface area contributed by atoms with Gasteiger partial charge in [-0.25, -0.2) is 8.42 Å². The van der Waals surface area contributed by atoms with Crippen molar-refractivity contribution >= 4 is 19.7 Å². The van der Waals surface area contributed by atoms with E-state index in [1.165, 1.54) is 4.57 Å². The summed E-state index contributed by atoms with van der Waals surface area (Å²) in [6.45, 7) is 7.40. The maximum atomic E-state index is 11.7. The zero-order chi connectivity index (χ0) is 15.3. The van der Waals surface area contributed by atoms with E-state index in [9.17, 15) is 8.42 Å². The number of rotatable bonds is 2. The summed E-state index contributed by atoms with van der Waals surface area (Å²) in [6, 6.07) is 0. The van der Waals surface area contributed by atoms with E-state index in [1.807, 2.05) is 27.7 Å². The first-order valence-corrected chi connectivity index (χ1v) is 8.24. The number of nitrogens with zero attached hydrogens (tertiary/aromatic N) is 5. The van der Waals surface area contributed by atoms with E-state index in [0.29, 0.717) is 5.82 Å². The van der Waals surface area contributed by atoms with Gasteiger partial charge >= 0.3 is 0 Å². The van der Waals surface area contributed by atoms with E-state index in [2.05, 4.69) is 15.3 Å². The van der Waals surface area contributed by atoms with Crippen LogP contribution in [0.15, 0.2) is 11.4 Å². The van der Waals surface area contributed by atoms with Crippen LogP contribution in [-0.4, -0.2) is 33.0 Å². The summed E-state index contributed by atoms with van der Waals surface area (Å²) in [7, 11) is 3.25. The number of aromatic nitrogens is 5. The van der Waals surface area contributed by atoms with E-state index >= 15 is 0 Å². The Morgan fingerprint density at radius 2 is 1.85 bits per heavy atom. The van der Waals surface area contributed by atoms with E-state index in [0.717, 1.165) is 11.3 Å². The van der Waals surface area contributed by atoms with Crippen molar-refractivity contribution in [2.75, 3.05) is 0 Å². The normalized spacial score (nSPS) is 12.9. The van der Waals surface area contributed by atoms with Crippen molar-refractivity contribution in [3.05, 3.63) is 11.9 Å². The summed E-state index contributed by atoms with van der Waals surface area (Å²) in [4.78, 5) is 0. The van der Waals surface area contributed by atoms with Gasteiger partial charge in [-0.05, 0) is 27.7 Å². The first-order valence-electron chi connectivity index (χ1n) is 5.93. The molecule has 0 atom stereocenters. The second-order valence-electron chi connectivity index (χ2n) is 5.55. The van der Waals surface area contributed by atoms with Gasteiger partial charge in [0, 0.05) is 29.5 Å². The Labute approximate surface area is 122 Å². The van der Waals surface area contributed by atoms with Crippen LogP contribution in [-0.2, 0) is 21.6 Å². The van der Waals surface area contributed by atoms with Crippen LogP contribution in [0.25, 0.3) is 11.4 Å². The van der Waals surface area contributed by atoms with Crippen molar-refractivity contribution in [1.82, 2.24) is 24.5 Å². The Balaban J connectivity index is 2.80. The standard InChI is InChI=1S/C11H16ClN5O2S/c1-7-8(6-16(5)15-7)9-13-14-10(20(12,18)19)17(9)11(2,3)4/h6H,1-5H3. The molecule has 0 aliphatic rings. The highest BCUT2D eigenvalue weighted by Gasteiger charge is 2.31. The lowest BCUT2D eigenvalue weighted by Gasteiger charge is -2.23. The smallest absolute Gasteiger partial charge is 0.291 e. The quantitative estimate of drug-likeness (QED) is 0.787. The number of aryl methyl sites for hydroxylation is 2. The van der Waals surface area contributed by atoms with E-state index in [-0.39, 0.29) is 5.16 Å². The third-order valence-electron chi connectivity index (χ3n) is 2.78. The molecule has 0 saturated heterocycles. The molecule has 0 fully saturated rings. The molecule has 0 spiro atoms. The summed E-state index contributed by atoms with van der Waals surface area (Å²) >= 11 is 0. The third kappa shape index (κ3) is 2.57. The Morgan fingerprint density at radius 3 is 2.25 bits per heavy atom. The molecule has 0 radical (unpaired) electrons. The fourth-order valence-corrected chi connectivity index (χ4v) is 3.04. The fraction of sp³-hybridized carbons (Fsp3) is 0.545. The fourth-order valence-electron chi connectivity index (χ4n) is 2.03. The molecule has 0 bridgehead atoms. The van der Waals surface area contributed by atoms with Crippen LogP contribution in [0.5, 0.6) is 0 Å². The second-order valence-corrected chi connectivity index (χ2v) is 8.01. The first-order chi connectivity index (χ1) is 9.01. The highest BCUT2D eigenvalue weighted by molar-refractivity contribution is 8.13. The molecule has 2 aromatic rings. The molecule has 0 aliphatic heterocycles. The Kier molecular flexibility index (Phi) is 3.42. The van der Waals surface area contributed by atoms with Crippen LogP contribution in [0.1, 0.15) is 26.5 Å². The summed E-state index contributed by atoms with van der Waals surface area (Å²) in [5.41, 5.74) is 0.920. The minimum absolute atomic E-state index is 0.259. The van der Waals surface area contributed by atoms with E-state index in [1.54, 1.807) is 17.9 Å².